The normalized spacial score (nSPS) is 15.2. The fourth-order valence-electron chi connectivity index (χ4n) is 1.95. The molecule has 0 saturated carbocycles. The van der Waals surface area contributed by atoms with E-state index in [0.717, 1.165) is 17.7 Å². The van der Waals surface area contributed by atoms with Crippen LogP contribution in [0.1, 0.15) is 43.0 Å². The zero-order chi connectivity index (χ0) is 15.3. The summed E-state index contributed by atoms with van der Waals surface area (Å²) in [5.41, 5.74) is 1.04. The number of thioether (sulfide) groups is 1. The number of halogens is 3. The van der Waals surface area contributed by atoms with E-state index in [0.29, 0.717) is 10.8 Å². The molecule has 0 spiro atoms. The highest BCUT2D eigenvalue weighted by molar-refractivity contribution is 7.99. The smallest absolute Gasteiger partial charge is 0.312 e. The summed E-state index contributed by atoms with van der Waals surface area (Å²) >= 11 is 1.84. The van der Waals surface area contributed by atoms with Crippen molar-refractivity contribution < 1.29 is 13.2 Å². The minimum atomic E-state index is -4.27. The Balaban J connectivity index is 2.88. The van der Waals surface area contributed by atoms with Crippen LogP contribution in [-0.4, -0.2) is 18.1 Å². The molecule has 20 heavy (non-hydrogen) atoms. The number of nitrogens with one attached hydrogen (secondary N) is 1. The lowest BCUT2D eigenvalue weighted by Gasteiger charge is -2.21. The van der Waals surface area contributed by atoms with Gasteiger partial charge in [0.15, 0.2) is 0 Å². The van der Waals surface area contributed by atoms with E-state index in [2.05, 4.69) is 19.2 Å². The van der Waals surface area contributed by atoms with Gasteiger partial charge in [0.2, 0.25) is 0 Å². The van der Waals surface area contributed by atoms with Crippen LogP contribution in [0.2, 0.25) is 0 Å². The van der Waals surface area contributed by atoms with Crippen molar-refractivity contribution in [1.29, 1.82) is 0 Å². The Morgan fingerprint density at radius 2 is 1.95 bits per heavy atom. The number of hydrogen-bond donors (Lipinski definition) is 1. The summed E-state index contributed by atoms with van der Waals surface area (Å²) in [7, 11) is 1.85. The Bertz CT molecular complexity index is 432. The molecule has 114 valence electrons. The summed E-state index contributed by atoms with van der Waals surface area (Å²) in [6, 6.07) is 4.07. The lowest BCUT2D eigenvalue weighted by molar-refractivity contribution is -0.137. The lowest BCUT2D eigenvalue weighted by atomic mass is 9.99. The molecule has 2 atom stereocenters. The fourth-order valence-corrected chi connectivity index (χ4v) is 3.05. The van der Waals surface area contributed by atoms with Crippen LogP contribution in [0.25, 0.3) is 0 Å². The van der Waals surface area contributed by atoms with Gasteiger partial charge in [0, 0.05) is 17.0 Å². The molecule has 1 rings (SSSR count). The van der Waals surface area contributed by atoms with E-state index in [9.17, 15) is 13.2 Å². The van der Waals surface area contributed by atoms with E-state index in [4.69, 9.17) is 0 Å². The van der Waals surface area contributed by atoms with Crippen LogP contribution in [0.15, 0.2) is 18.2 Å². The van der Waals surface area contributed by atoms with Gasteiger partial charge in [0.1, 0.15) is 0 Å². The molecule has 5 heteroatoms. The first-order valence-corrected chi connectivity index (χ1v) is 7.81. The monoisotopic (exact) mass is 305 g/mol. The summed E-state index contributed by atoms with van der Waals surface area (Å²) in [6.07, 6.45) is -3.18. The van der Waals surface area contributed by atoms with Crippen molar-refractivity contribution in [1.82, 2.24) is 5.32 Å². The van der Waals surface area contributed by atoms with Crippen molar-refractivity contribution in [2.24, 2.45) is 0 Å². The summed E-state index contributed by atoms with van der Waals surface area (Å²) in [6.45, 7) is 6.04. The maximum atomic E-state index is 12.7. The summed E-state index contributed by atoms with van der Waals surface area (Å²) < 4.78 is 38.0. The van der Waals surface area contributed by atoms with Crippen LogP contribution >= 0.6 is 11.8 Å². The average Bonchev–Trinajstić information content (AvgIpc) is 2.39. The van der Waals surface area contributed by atoms with Crippen molar-refractivity contribution in [3.05, 3.63) is 34.9 Å². The Morgan fingerprint density at radius 3 is 2.40 bits per heavy atom. The maximum Gasteiger partial charge on any atom is 0.416 e. The third-order valence-corrected chi connectivity index (χ3v) is 4.87. The summed E-state index contributed by atoms with van der Waals surface area (Å²) in [4.78, 5) is 0. The second-order valence-corrected chi connectivity index (χ2v) is 6.43. The molecular weight excluding hydrogens is 283 g/mol. The number of alkyl halides is 3. The zero-order valence-electron chi connectivity index (χ0n) is 12.3. The molecule has 1 N–H and O–H groups in total. The van der Waals surface area contributed by atoms with Gasteiger partial charge in [-0.15, -0.1) is 0 Å². The molecule has 0 fully saturated rings. The Morgan fingerprint density at radius 1 is 1.30 bits per heavy atom. The van der Waals surface area contributed by atoms with Gasteiger partial charge >= 0.3 is 6.18 Å². The van der Waals surface area contributed by atoms with Crippen molar-refractivity contribution in [3.63, 3.8) is 0 Å². The third kappa shape index (κ3) is 4.70. The minimum absolute atomic E-state index is 0.0799. The quantitative estimate of drug-likeness (QED) is 0.809. The average molecular weight is 305 g/mol. The standard InChI is InChI=1S/C15H22F3NS/c1-5-11(3)20-9-14(19-4)13-7-6-12(8-10(13)2)15(16,17)18/h6-8,11,14,19H,5,9H2,1-4H3. The number of benzene rings is 1. The molecule has 1 aromatic carbocycles. The predicted octanol–water partition coefficient (Wildman–Crippen LogP) is 4.81. The van der Waals surface area contributed by atoms with E-state index in [-0.39, 0.29) is 6.04 Å². The SMILES string of the molecule is CCC(C)SCC(NC)c1ccc(C(F)(F)F)cc1C. The minimum Gasteiger partial charge on any atom is -0.312 e. The molecular formula is C15H22F3NS. The van der Waals surface area contributed by atoms with Gasteiger partial charge in [-0.2, -0.15) is 24.9 Å². The fraction of sp³-hybridized carbons (Fsp3) is 0.600. The molecule has 0 radical (unpaired) electrons. The second-order valence-electron chi connectivity index (χ2n) is 4.96. The van der Waals surface area contributed by atoms with E-state index in [1.54, 1.807) is 13.0 Å². The first-order valence-electron chi connectivity index (χ1n) is 6.76. The first-order chi connectivity index (χ1) is 9.29. The molecule has 0 aliphatic carbocycles. The summed E-state index contributed by atoms with van der Waals surface area (Å²) in [5.74, 6) is 0.859. The molecule has 1 nitrogen and oxygen atoms in total. The third-order valence-electron chi connectivity index (χ3n) is 3.44. The molecule has 0 amide bonds. The van der Waals surface area contributed by atoms with Crippen molar-refractivity contribution in [2.75, 3.05) is 12.8 Å². The highest BCUT2D eigenvalue weighted by atomic mass is 32.2. The van der Waals surface area contributed by atoms with E-state index in [1.165, 1.54) is 12.1 Å². The highest BCUT2D eigenvalue weighted by Gasteiger charge is 2.31. The lowest BCUT2D eigenvalue weighted by Crippen LogP contribution is -2.21. The van der Waals surface area contributed by atoms with Crippen molar-refractivity contribution in [2.45, 2.75) is 44.7 Å². The molecule has 0 aromatic heterocycles. The number of aryl methyl sites for hydroxylation is 1. The molecule has 0 bridgehead atoms. The van der Waals surface area contributed by atoms with Gasteiger partial charge in [0.25, 0.3) is 0 Å². The van der Waals surface area contributed by atoms with E-state index < -0.39 is 11.7 Å². The zero-order valence-corrected chi connectivity index (χ0v) is 13.2. The van der Waals surface area contributed by atoms with Gasteiger partial charge in [-0.1, -0.05) is 19.9 Å². The highest BCUT2D eigenvalue weighted by Crippen LogP contribution is 2.32. The van der Waals surface area contributed by atoms with Crippen molar-refractivity contribution >= 4 is 11.8 Å². The largest absolute Gasteiger partial charge is 0.416 e. The molecule has 2 unspecified atom stereocenters. The van der Waals surface area contributed by atoms with Gasteiger partial charge in [-0.05, 0) is 43.7 Å². The maximum absolute atomic E-state index is 12.7. The number of rotatable bonds is 6. The van der Waals surface area contributed by atoms with Gasteiger partial charge in [0.05, 0.1) is 5.56 Å². The molecule has 0 saturated heterocycles. The Kier molecular flexibility index (Phi) is 6.40. The topological polar surface area (TPSA) is 12.0 Å². The van der Waals surface area contributed by atoms with Crippen LogP contribution in [0.5, 0.6) is 0 Å². The van der Waals surface area contributed by atoms with E-state index in [1.807, 2.05) is 18.8 Å². The van der Waals surface area contributed by atoms with Crippen LogP contribution in [0.3, 0.4) is 0 Å². The Hall–Kier alpha value is -0.680. The predicted molar refractivity (Wildman–Crippen MR) is 80.2 cm³/mol. The Labute approximate surface area is 123 Å². The van der Waals surface area contributed by atoms with Crippen LogP contribution in [0, 0.1) is 6.92 Å². The van der Waals surface area contributed by atoms with E-state index >= 15 is 0 Å². The van der Waals surface area contributed by atoms with Crippen LogP contribution in [-0.2, 0) is 6.18 Å². The molecule has 0 aliphatic heterocycles. The first kappa shape index (κ1) is 17.4. The molecule has 0 aliphatic rings. The molecule has 0 heterocycles. The van der Waals surface area contributed by atoms with Crippen LogP contribution in [0.4, 0.5) is 13.2 Å². The summed E-state index contributed by atoms with van der Waals surface area (Å²) in [5, 5.41) is 3.75. The van der Waals surface area contributed by atoms with Crippen LogP contribution < -0.4 is 5.32 Å². The van der Waals surface area contributed by atoms with Gasteiger partial charge < -0.3 is 5.32 Å². The second kappa shape index (κ2) is 7.36. The van der Waals surface area contributed by atoms with Gasteiger partial charge in [-0.3, -0.25) is 0 Å². The van der Waals surface area contributed by atoms with Gasteiger partial charge in [-0.25, -0.2) is 0 Å². The van der Waals surface area contributed by atoms with Crippen molar-refractivity contribution in [3.8, 4) is 0 Å². The number of hydrogen-bond acceptors (Lipinski definition) is 2. The molecule has 1 aromatic rings.